The van der Waals surface area contributed by atoms with Crippen LogP contribution in [0.1, 0.15) is 10.4 Å². The molecule has 0 fully saturated rings. The molecule has 78 valence electrons. The average molecular weight is 211 g/mol. The second-order valence-electron chi connectivity index (χ2n) is 3.27. The summed E-state index contributed by atoms with van der Waals surface area (Å²) < 4.78 is 5.30. The van der Waals surface area contributed by atoms with Crippen molar-refractivity contribution >= 4 is 17.1 Å². The van der Waals surface area contributed by atoms with Gasteiger partial charge in [0.25, 0.3) is 0 Å². The van der Waals surface area contributed by atoms with Crippen LogP contribution in [0.4, 0.5) is 0 Å². The maximum atomic E-state index is 10.9. The van der Waals surface area contributed by atoms with Crippen LogP contribution in [-0.2, 0) is 0 Å². The van der Waals surface area contributed by atoms with E-state index >= 15 is 0 Å². The minimum Gasteiger partial charge on any atom is -0.477 e. The lowest BCUT2D eigenvalue weighted by atomic mass is 10.1. The highest BCUT2D eigenvalue weighted by Gasteiger charge is 2.07. The first-order valence-corrected chi connectivity index (χ1v) is 4.83. The predicted octanol–water partition coefficient (Wildman–Crippen LogP) is 2.55. The largest absolute Gasteiger partial charge is 0.477 e. The van der Waals surface area contributed by atoms with Gasteiger partial charge in [0, 0.05) is 5.39 Å². The van der Waals surface area contributed by atoms with Gasteiger partial charge in [0.15, 0.2) is 12.9 Å². The molecular formula is C13H9NO2. The van der Waals surface area contributed by atoms with Gasteiger partial charge in [0.05, 0.1) is 5.56 Å². The highest BCUT2D eigenvalue weighted by Crippen LogP contribution is 2.28. The van der Waals surface area contributed by atoms with E-state index in [2.05, 4.69) is 0 Å². The number of hydrogen-bond donors (Lipinski definition) is 0. The van der Waals surface area contributed by atoms with Gasteiger partial charge in [-0.2, -0.15) is 5.26 Å². The number of aldehydes is 1. The molecule has 0 unspecified atom stereocenters. The van der Waals surface area contributed by atoms with E-state index in [4.69, 9.17) is 10.00 Å². The first-order valence-electron chi connectivity index (χ1n) is 4.83. The molecule has 2 aromatic rings. The summed E-state index contributed by atoms with van der Waals surface area (Å²) in [6.07, 6.45) is 0.735. The molecule has 0 N–H and O–H groups in total. The lowest BCUT2D eigenvalue weighted by Gasteiger charge is -2.08. The van der Waals surface area contributed by atoms with Crippen LogP contribution >= 0.6 is 0 Å². The Hall–Kier alpha value is -2.34. The molecule has 3 nitrogen and oxygen atoms in total. The molecule has 0 bridgehead atoms. The molecule has 0 radical (unpaired) electrons. The molecule has 0 spiro atoms. The van der Waals surface area contributed by atoms with E-state index in [9.17, 15) is 4.79 Å². The first kappa shape index (κ1) is 10.2. The van der Waals surface area contributed by atoms with Crippen molar-refractivity contribution in [2.24, 2.45) is 0 Å². The van der Waals surface area contributed by atoms with Gasteiger partial charge in [-0.3, -0.25) is 4.79 Å². The van der Waals surface area contributed by atoms with E-state index in [1.807, 2.05) is 36.4 Å². The molecule has 0 atom stereocenters. The second-order valence-corrected chi connectivity index (χ2v) is 3.27. The van der Waals surface area contributed by atoms with Gasteiger partial charge in [0.2, 0.25) is 0 Å². The summed E-state index contributed by atoms with van der Waals surface area (Å²) >= 11 is 0. The zero-order chi connectivity index (χ0) is 11.4. The van der Waals surface area contributed by atoms with E-state index in [0.29, 0.717) is 11.3 Å². The van der Waals surface area contributed by atoms with E-state index in [1.165, 1.54) is 0 Å². The minimum absolute atomic E-state index is 0.0607. The summed E-state index contributed by atoms with van der Waals surface area (Å²) in [5.74, 6) is 0.481. The van der Waals surface area contributed by atoms with Gasteiger partial charge in [-0.15, -0.1) is 0 Å². The van der Waals surface area contributed by atoms with Crippen molar-refractivity contribution < 1.29 is 9.53 Å². The fourth-order valence-corrected chi connectivity index (χ4v) is 1.62. The number of carbonyl (C=O) groups is 1. The molecule has 2 aromatic carbocycles. The maximum Gasteiger partial charge on any atom is 0.174 e. The lowest BCUT2D eigenvalue weighted by Crippen LogP contribution is -1.98. The molecule has 0 aliphatic rings. The molecule has 2 rings (SSSR count). The zero-order valence-electron chi connectivity index (χ0n) is 8.51. The number of benzene rings is 2. The Labute approximate surface area is 92.9 Å². The van der Waals surface area contributed by atoms with Gasteiger partial charge in [-0.05, 0) is 11.5 Å². The fourth-order valence-electron chi connectivity index (χ4n) is 1.62. The number of rotatable bonds is 3. The monoisotopic (exact) mass is 211 g/mol. The zero-order valence-corrected chi connectivity index (χ0v) is 8.51. The smallest absolute Gasteiger partial charge is 0.174 e. The van der Waals surface area contributed by atoms with Gasteiger partial charge < -0.3 is 4.74 Å². The normalized spacial score (nSPS) is 9.69. The van der Waals surface area contributed by atoms with Crippen LogP contribution in [0, 0.1) is 11.3 Å². The van der Waals surface area contributed by atoms with Crippen LogP contribution in [0.15, 0.2) is 36.4 Å². The third kappa shape index (κ3) is 1.73. The van der Waals surface area contributed by atoms with E-state index in [1.54, 1.807) is 6.07 Å². The third-order valence-electron chi connectivity index (χ3n) is 2.32. The SMILES string of the molecule is N#CCOc1c(C=O)ccc2ccccc12. The lowest BCUT2D eigenvalue weighted by molar-refractivity contribution is 0.112. The summed E-state index contributed by atoms with van der Waals surface area (Å²) in [5.41, 5.74) is 0.467. The van der Waals surface area contributed by atoms with Crippen LogP contribution in [-0.4, -0.2) is 12.9 Å². The molecule has 16 heavy (non-hydrogen) atoms. The van der Waals surface area contributed by atoms with E-state index < -0.39 is 0 Å². The molecule has 0 saturated heterocycles. The minimum atomic E-state index is -0.0607. The number of carbonyl (C=O) groups excluding carboxylic acids is 1. The standard InChI is InChI=1S/C13H9NO2/c14-7-8-16-13-11(9-15)6-5-10-3-1-2-4-12(10)13/h1-6,9H,8H2. The summed E-state index contributed by atoms with van der Waals surface area (Å²) in [6.45, 7) is -0.0607. The number of ether oxygens (including phenoxy) is 1. The highest BCUT2D eigenvalue weighted by molar-refractivity contribution is 5.96. The number of nitriles is 1. The average Bonchev–Trinajstić information content (AvgIpc) is 2.35. The Morgan fingerprint density at radius 3 is 2.81 bits per heavy atom. The molecule has 0 saturated carbocycles. The van der Waals surface area contributed by atoms with Crippen molar-refractivity contribution in [3.63, 3.8) is 0 Å². The van der Waals surface area contributed by atoms with Crippen LogP contribution in [0.3, 0.4) is 0 Å². The Bertz CT molecular complexity index is 570. The molecule has 3 heteroatoms. The number of fused-ring (bicyclic) bond motifs is 1. The van der Waals surface area contributed by atoms with E-state index in [-0.39, 0.29) is 6.61 Å². The predicted molar refractivity (Wildman–Crippen MR) is 60.4 cm³/mol. The number of hydrogen-bond acceptors (Lipinski definition) is 3. The van der Waals surface area contributed by atoms with Gasteiger partial charge in [0.1, 0.15) is 11.8 Å². The van der Waals surface area contributed by atoms with Crippen molar-refractivity contribution in [2.45, 2.75) is 0 Å². The summed E-state index contributed by atoms with van der Waals surface area (Å²) in [5, 5.41) is 10.3. The Kier molecular flexibility index (Phi) is 2.84. The highest BCUT2D eigenvalue weighted by atomic mass is 16.5. The number of nitrogens with zero attached hydrogens (tertiary/aromatic N) is 1. The molecular weight excluding hydrogens is 202 g/mol. The van der Waals surface area contributed by atoms with Crippen molar-refractivity contribution in [1.29, 1.82) is 5.26 Å². The maximum absolute atomic E-state index is 10.9. The van der Waals surface area contributed by atoms with Crippen LogP contribution < -0.4 is 4.74 Å². The second kappa shape index (κ2) is 4.45. The molecule has 0 aliphatic carbocycles. The van der Waals surface area contributed by atoms with Crippen molar-refractivity contribution in [2.75, 3.05) is 6.61 Å². The summed E-state index contributed by atoms with van der Waals surface area (Å²) in [6, 6.07) is 13.0. The van der Waals surface area contributed by atoms with Crippen molar-refractivity contribution in [3.8, 4) is 11.8 Å². The topological polar surface area (TPSA) is 50.1 Å². The van der Waals surface area contributed by atoms with Crippen LogP contribution in [0.5, 0.6) is 5.75 Å². The summed E-state index contributed by atoms with van der Waals surface area (Å²) in [4.78, 5) is 10.9. The quantitative estimate of drug-likeness (QED) is 0.733. The molecule has 0 heterocycles. The van der Waals surface area contributed by atoms with Crippen molar-refractivity contribution in [3.05, 3.63) is 42.0 Å². The van der Waals surface area contributed by atoms with Crippen LogP contribution in [0.2, 0.25) is 0 Å². The Balaban J connectivity index is 2.64. The molecule has 0 aromatic heterocycles. The van der Waals surface area contributed by atoms with Gasteiger partial charge in [-0.25, -0.2) is 0 Å². The van der Waals surface area contributed by atoms with Crippen molar-refractivity contribution in [1.82, 2.24) is 0 Å². The Morgan fingerprint density at radius 1 is 1.25 bits per heavy atom. The van der Waals surface area contributed by atoms with Gasteiger partial charge in [-0.1, -0.05) is 30.3 Å². The van der Waals surface area contributed by atoms with E-state index in [0.717, 1.165) is 17.1 Å². The molecule has 0 aliphatic heterocycles. The van der Waals surface area contributed by atoms with Gasteiger partial charge >= 0.3 is 0 Å². The Morgan fingerprint density at radius 2 is 2.06 bits per heavy atom. The fraction of sp³-hybridized carbons (Fsp3) is 0.0769. The first-order chi connectivity index (χ1) is 7.86. The third-order valence-corrected chi connectivity index (χ3v) is 2.32. The summed E-state index contributed by atoms with van der Waals surface area (Å²) in [7, 11) is 0. The van der Waals surface area contributed by atoms with Crippen LogP contribution in [0.25, 0.3) is 10.8 Å². The molecule has 0 amide bonds.